The first-order chi connectivity index (χ1) is 9.39. The Balaban J connectivity index is 2.14. The number of halogens is 1. The van der Waals surface area contributed by atoms with Gasteiger partial charge in [0.25, 0.3) is 0 Å². The average molecular weight is 375 g/mol. The number of hydrogen-bond donors (Lipinski definition) is 1. The molecule has 4 nitrogen and oxygen atoms in total. The van der Waals surface area contributed by atoms with Crippen molar-refractivity contribution in [3.05, 3.63) is 45.1 Å². The van der Waals surface area contributed by atoms with Gasteiger partial charge in [-0.25, -0.2) is 12.7 Å². The van der Waals surface area contributed by atoms with E-state index >= 15 is 0 Å². The molecule has 2 rings (SSSR count). The number of nitrogens with one attached hydrogen (secondary N) is 1. The molecule has 0 aliphatic rings. The molecule has 20 heavy (non-hydrogen) atoms. The molecule has 0 aliphatic carbocycles. The van der Waals surface area contributed by atoms with Gasteiger partial charge in [-0.05, 0) is 46.3 Å². The monoisotopic (exact) mass is 374 g/mol. The van der Waals surface area contributed by atoms with Gasteiger partial charge in [0.15, 0.2) is 0 Å². The molecule has 0 radical (unpaired) electrons. The van der Waals surface area contributed by atoms with Crippen LogP contribution in [0, 0.1) is 0 Å². The maximum absolute atomic E-state index is 12.1. The Morgan fingerprint density at radius 2 is 2.00 bits per heavy atom. The number of benzene rings is 1. The molecular formula is C13H15BrN2O2S2. The highest BCUT2D eigenvalue weighted by Gasteiger charge is 2.17. The predicted octanol–water partition coefficient (Wildman–Crippen LogP) is 3.37. The van der Waals surface area contributed by atoms with E-state index in [1.165, 1.54) is 23.3 Å². The second kappa shape index (κ2) is 6.26. The SMILES string of the molecule is CN(C)S(=O)(=O)c1cccc(NCc2ccc(Br)s2)c1. The topological polar surface area (TPSA) is 49.4 Å². The molecule has 0 spiro atoms. The van der Waals surface area contributed by atoms with E-state index in [0.717, 1.165) is 9.47 Å². The number of hydrogen-bond acceptors (Lipinski definition) is 4. The summed E-state index contributed by atoms with van der Waals surface area (Å²) in [6.45, 7) is 0.668. The van der Waals surface area contributed by atoms with Crippen LogP contribution in [0.3, 0.4) is 0 Å². The molecule has 0 saturated heterocycles. The lowest BCUT2D eigenvalue weighted by Gasteiger charge is -2.12. The lowest BCUT2D eigenvalue weighted by atomic mass is 10.3. The molecule has 0 bridgehead atoms. The zero-order valence-corrected chi connectivity index (χ0v) is 14.3. The first-order valence-electron chi connectivity index (χ1n) is 5.90. The Kier molecular flexibility index (Phi) is 4.85. The van der Waals surface area contributed by atoms with Crippen LogP contribution >= 0.6 is 27.3 Å². The van der Waals surface area contributed by atoms with Gasteiger partial charge in [-0.1, -0.05) is 6.07 Å². The van der Waals surface area contributed by atoms with Crippen molar-refractivity contribution >= 4 is 43.0 Å². The van der Waals surface area contributed by atoms with E-state index in [2.05, 4.69) is 21.2 Å². The highest BCUT2D eigenvalue weighted by molar-refractivity contribution is 9.11. The average Bonchev–Trinajstić information content (AvgIpc) is 2.82. The summed E-state index contributed by atoms with van der Waals surface area (Å²) in [6, 6.07) is 10.9. The Bertz CT molecular complexity index is 696. The van der Waals surface area contributed by atoms with Crippen LogP contribution in [0.5, 0.6) is 0 Å². The van der Waals surface area contributed by atoms with Crippen LogP contribution in [-0.2, 0) is 16.6 Å². The van der Waals surface area contributed by atoms with E-state index in [9.17, 15) is 8.42 Å². The molecule has 0 saturated carbocycles. The zero-order valence-electron chi connectivity index (χ0n) is 11.1. The molecule has 0 aliphatic heterocycles. The molecule has 0 unspecified atom stereocenters. The lowest BCUT2D eigenvalue weighted by molar-refractivity contribution is 0.521. The lowest BCUT2D eigenvalue weighted by Crippen LogP contribution is -2.22. The molecule has 1 aromatic heterocycles. The third-order valence-electron chi connectivity index (χ3n) is 2.71. The van der Waals surface area contributed by atoms with Gasteiger partial charge in [0.1, 0.15) is 0 Å². The van der Waals surface area contributed by atoms with Crippen LogP contribution in [0.25, 0.3) is 0 Å². The minimum absolute atomic E-state index is 0.292. The van der Waals surface area contributed by atoms with Crippen LogP contribution in [0.2, 0.25) is 0 Å². The fourth-order valence-electron chi connectivity index (χ4n) is 1.61. The summed E-state index contributed by atoms with van der Waals surface area (Å²) in [5.41, 5.74) is 0.789. The Hall–Kier alpha value is -0.890. The van der Waals surface area contributed by atoms with Crippen molar-refractivity contribution in [1.82, 2.24) is 4.31 Å². The summed E-state index contributed by atoms with van der Waals surface area (Å²) in [6.07, 6.45) is 0. The molecule has 0 fully saturated rings. The fourth-order valence-corrected chi connectivity index (χ4v) is 3.98. The minimum Gasteiger partial charge on any atom is -0.380 e. The second-order valence-electron chi connectivity index (χ2n) is 4.37. The summed E-state index contributed by atoms with van der Waals surface area (Å²) in [5.74, 6) is 0. The van der Waals surface area contributed by atoms with Gasteiger partial charge in [0.05, 0.1) is 8.68 Å². The smallest absolute Gasteiger partial charge is 0.242 e. The van der Waals surface area contributed by atoms with Gasteiger partial charge < -0.3 is 5.32 Å². The standard InChI is InChI=1S/C13H15BrN2O2S2/c1-16(2)20(17,18)12-5-3-4-10(8-12)15-9-11-6-7-13(14)19-11/h3-8,15H,9H2,1-2H3. The molecule has 1 aromatic carbocycles. The van der Waals surface area contributed by atoms with Crippen LogP contribution in [0.4, 0.5) is 5.69 Å². The van der Waals surface area contributed by atoms with Gasteiger partial charge >= 0.3 is 0 Å². The van der Waals surface area contributed by atoms with Gasteiger partial charge in [0, 0.05) is 31.2 Å². The van der Waals surface area contributed by atoms with Crippen molar-refractivity contribution in [2.75, 3.05) is 19.4 Å². The predicted molar refractivity (Wildman–Crippen MR) is 86.7 cm³/mol. The molecule has 0 atom stereocenters. The van der Waals surface area contributed by atoms with E-state index < -0.39 is 10.0 Å². The van der Waals surface area contributed by atoms with Crippen molar-refractivity contribution in [3.8, 4) is 0 Å². The summed E-state index contributed by atoms with van der Waals surface area (Å²) >= 11 is 5.07. The molecule has 2 aromatic rings. The van der Waals surface area contributed by atoms with Crippen LogP contribution in [-0.4, -0.2) is 26.8 Å². The maximum Gasteiger partial charge on any atom is 0.242 e. The second-order valence-corrected chi connectivity index (χ2v) is 9.07. The first-order valence-corrected chi connectivity index (χ1v) is 8.95. The molecule has 1 heterocycles. The maximum atomic E-state index is 12.1. The Morgan fingerprint density at radius 1 is 1.25 bits per heavy atom. The summed E-state index contributed by atoms with van der Waals surface area (Å²) in [4.78, 5) is 1.47. The highest BCUT2D eigenvalue weighted by Crippen LogP contribution is 2.23. The van der Waals surface area contributed by atoms with Crippen molar-refractivity contribution in [2.45, 2.75) is 11.4 Å². The molecular weight excluding hydrogens is 360 g/mol. The zero-order chi connectivity index (χ0) is 14.8. The van der Waals surface area contributed by atoms with E-state index in [4.69, 9.17) is 0 Å². The van der Waals surface area contributed by atoms with Crippen LogP contribution < -0.4 is 5.32 Å². The van der Waals surface area contributed by atoms with Gasteiger partial charge in [-0.15, -0.1) is 11.3 Å². The van der Waals surface area contributed by atoms with Crippen LogP contribution in [0.15, 0.2) is 45.1 Å². The van der Waals surface area contributed by atoms with Crippen LogP contribution in [0.1, 0.15) is 4.88 Å². The van der Waals surface area contributed by atoms with E-state index in [1.807, 2.05) is 18.2 Å². The number of thiophene rings is 1. The quantitative estimate of drug-likeness (QED) is 0.872. The first kappa shape index (κ1) is 15.5. The Labute approximate surface area is 131 Å². The minimum atomic E-state index is -3.39. The third kappa shape index (κ3) is 3.60. The van der Waals surface area contributed by atoms with Crippen molar-refractivity contribution < 1.29 is 8.42 Å². The number of rotatable bonds is 5. The molecule has 1 N–H and O–H groups in total. The number of sulfonamides is 1. The third-order valence-corrected chi connectivity index (χ3v) is 6.14. The summed E-state index contributed by atoms with van der Waals surface area (Å²) in [5, 5.41) is 3.23. The number of anilines is 1. The fraction of sp³-hybridized carbons (Fsp3) is 0.231. The largest absolute Gasteiger partial charge is 0.380 e. The van der Waals surface area contributed by atoms with Crippen molar-refractivity contribution in [2.24, 2.45) is 0 Å². The number of nitrogens with zero attached hydrogens (tertiary/aromatic N) is 1. The molecule has 7 heteroatoms. The van der Waals surface area contributed by atoms with E-state index in [1.54, 1.807) is 29.5 Å². The summed E-state index contributed by atoms with van der Waals surface area (Å²) < 4.78 is 26.4. The van der Waals surface area contributed by atoms with Crippen molar-refractivity contribution in [3.63, 3.8) is 0 Å². The molecule has 0 amide bonds. The Morgan fingerprint density at radius 3 is 2.60 bits per heavy atom. The highest BCUT2D eigenvalue weighted by atomic mass is 79.9. The molecule has 108 valence electrons. The normalized spacial score (nSPS) is 11.8. The van der Waals surface area contributed by atoms with Gasteiger partial charge in [-0.2, -0.15) is 0 Å². The van der Waals surface area contributed by atoms with E-state index in [0.29, 0.717) is 11.4 Å². The van der Waals surface area contributed by atoms with Crippen molar-refractivity contribution in [1.29, 1.82) is 0 Å². The van der Waals surface area contributed by atoms with E-state index in [-0.39, 0.29) is 0 Å². The summed E-state index contributed by atoms with van der Waals surface area (Å²) in [7, 11) is -0.337. The van der Waals surface area contributed by atoms with Gasteiger partial charge in [-0.3, -0.25) is 0 Å². The van der Waals surface area contributed by atoms with Gasteiger partial charge in [0.2, 0.25) is 10.0 Å².